The molecule has 5 heteroatoms. The summed E-state index contributed by atoms with van der Waals surface area (Å²) in [5.74, 6) is -0.150. The van der Waals surface area contributed by atoms with Crippen LogP contribution in [0.3, 0.4) is 0 Å². The molecule has 24 heavy (non-hydrogen) atoms. The molecule has 0 aliphatic heterocycles. The maximum absolute atomic E-state index is 11.0. The second-order valence-corrected chi connectivity index (χ2v) is 6.65. The van der Waals surface area contributed by atoms with E-state index in [1.165, 1.54) is 32.8 Å². The molecule has 0 aromatic heterocycles. The minimum atomic E-state index is -0.597. The Hall–Kier alpha value is -0.650. The van der Waals surface area contributed by atoms with Gasteiger partial charge < -0.3 is 9.84 Å². The molecule has 2 N–H and O–H groups in total. The smallest absolute Gasteiger partial charge is 0.305 e. The Morgan fingerprint density at radius 2 is 1.42 bits per heavy atom. The monoisotopic (exact) mass is 346 g/mol. The molecule has 0 heterocycles. The maximum Gasteiger partial charge on any atom is 0.305 e. The number of hydrogen-bond donors (Lipinski definition) is 2. The van der Waals surface area contributed by atoms with Crippen molar-refractivity contribution >= 4 is 5.97 Å². The summed E-state index contributed by atoms with van der Waals surface area (Å²) in [6.07, 6.45) is 12.7. The van der Waals surface area contributed by atoms with Crippen molar-refractivity contribution in [2.24, 2.45) is 0 Å². The van der Waals surface area contributed by atoms with Gasteiger partial charge in [0.2, 0.25) is 0 Å². The van der Waals surface area contributed by atoms with Gasteiger partial charge in [0.15, 0.2) is 0 Å². The molecule has 0 fully saturated rings. The number of ether oxygens (including phenoxy) is 1. The molecule has 0 bridgehead atoms. The van der Waals surface area contributed by atoms with Gasteiger partial charge in [-0.15, -0.1) is 0 Å². The van der Waals surface area contributed by atoms with Gasteiger partial charge in [-0.05, 0) is 19.3 Å². The third-order valence-electron chi connectivity index (χ3n) is 4.52. The highest BCUT2D eigenvalue weighted by atomic mass is 17.1. The number of aliphatic hydroxyl groups excluding tert-OH is 1. The Labute approximate surface area is 147 Å². The van der Waals surface area contributed by atoms with Gasteiger partial charge in [0.25, 0.3) is 0 Å². The number of carbonyl (C=O) groups is 1. The van der Waals surface area contributed by atoms with E-state index in [0.717, 1.165) is 44.9 Å². The van der Waals surface area contributed by atoms with Gasteiger partial charge in [0.1, 0.15) is 6.10 Å². The highest BCUT2D eigenvalue weighted by molar-refractivity contribution is 5.68. The fourth-order valence-corrected chi connectivity index (χ4v) is 2.88. The van der Waals surface area contributed by atoms with Crippen LogP contribution in [0.1, 0.15) is 96.8 Å². The fraction of sp³-hybridized carbons (Fsp3) is 0.947. The lowest BCUT2D eigenvalue weighted by molar-refractivity contribution is -0.298. The summed E-state index contributed by atoms with van der Waals surface area (Å²) in [7, 11) is 1.41. The van der Waals surface area contributed by atoms with Gasteiger partial charge in [-0.1, -0.05) is 71.1 Å². The molecule has 144 valence electrons. The van der Waals surface area contributed by atoms with E-state index in [2.05, 4.69) is 16.5 Å². The van der Waals surface area contributed by atoms with E-state index in [0.29, 0.717) is 19.3 Å². The number of carbonyl (C=O) groups excluding carboxylic acids is 1. The summed E-state index contributed by atoms with van der Waals surface area (Å²) in [6, 6.07) is 0. The van der Waals surface area contributed by atoms with Gasteiger partial charge in [-0.3, -0.25) is 10.1 Å². The summed E-state index contributed by atoms with van der Waals surface area (Å²) in [6.45, 7) is 2.20. The van der Waals surface area contributed by atoms with Crippen LogP contribution in [0.5, 0.6) is 0 Å². The van der Waals surface area contributed by atoms with Crippen molar-refractivity contribution in [1.82, 2.24) is 0 Å². The van der Waals surface area contributed by atoms with Crippen molar-refractivity contribution in [3.63, 3.8) is 0 Å². The molecule has 0 amide bonds. The summed E-state index contributed by atoms with van der Waals surface area (Å²) >= 11 is 0. The summed E-state index contributed by atoms with van der Waals surface area (Å²) in [4.78, 5) is 15.4. The van der Waals surface area contributed by atoms with E-state index >= 15 is 0 Å². The van der Waals surface area contributed by atoms with Crippen LogP contribution in [0.15, 0.2) is 0 Å². The van der Waals surface area contributed by atoms with E-state index in [4.69, 9.17) is 5.26 Å². The Bertz CT molecular complexity index is 283. The topological polar surface area (TPSA) is 76.0 Å². The molecule has 0 saturated heterocycles. The first-order valence-corrected chi connectivity index (χ1v) is 9.70. The second-order valence-electron chi connectivity index (χ2n) is 6.65. The lowest BCUT2D eigenvalue weighted by Gasteiger charge is -2.19. The molecule has 0 spiro atoms. The summed E-state index contributed by atoms with van der Waals surface area (Å²) in [5.41, 5.74) is 0. The van der Waals surface area contributed by atoms with Crippen LogP contribution < -0.4 is 0 Å². The molecule has 2 unspecified atom stereocenters. The molecule has 5 nitrogen and oxygen atoms in total. The Morgan fingerprint density at radius 3 is 2.00 bits per heavy atom. The van der Waals surface area contributed by atoms with Gasteiger partial charge >= 0.3 is 5.97 Å². The van der Waals surface area contributed by atoms with Gasteiger partial charge in [-0.2, -0.15) is 0 Å². The number of aliphatic hydroxyl groups is 1. The average Bonchev–Trinajstić information content (AvgIpc) is 2.59. The van der Waals surface area contributed by atoms with E-state index in [1.54, 1.807) is 0 Å². The fourth-order valence-electron chi connectivity index (χ4n) is 2.88. The third kappa shape index (κ3) is 13.8. The molecule has 0 aliphatic carbocycles. The number of unbranched alkanes of at least 4 members (excludes halogenated alkanes) is 9. The molecule has 2 atom stereocenters. The predicted octanol–water partition coefficient (Wildman–Crippen LogP) is 4.86. The first-order chi connectivity index (χ1) is 11.7. The Kier molecular flexibility index (Phi) is 16.7. The molecule has 0 aromatic rings. The van der Waals surface area contributed by atoms with E-state index in [9.17, 15) is 9.90 Å². The Balaban J connectivity index is 3.57. The van der Waals surface area contributed by atoms with Crippen molar-refractivity contribution in [1.29, 1.82) is 0 Å². The molecule has 0 saturated carbocycles. The summed E-state index contributed by atoms with van der Waals surface area (Å²) < 4.78 is 4.60. The zero-order valence-electron chi connectivity index (χ0n) is 15.7. The molecule has 0 rings (SSSR count). The van der Waals surface area contributed by atoms with Crippen LogP contribution in [0.2, 0.25) is 0 Å². The number of rotatable bonds is 17. The normalized spacial score (nSPS) is 13.7. The molecular weight excluding hydrogens is 308 g/mol. The highest BCUT2D eigenvalue weighted by Gasteiger charge is 2.19. The number of methoxy groups -OCH3 is 1. The standard InChI is InChI=1S/C19H38O5/c1-3-4-5-6-9-12-15-18(24-22)17(20)14-11-8-7-10-13-16-19(21)23-2/h17-18,20,22H,3-16H2,1-2H3. The van der Waals surface area contributed by atoms with Crippen LogP contribution in [-0.2, 0) is 14.4 Å². The SMILES string of the molecule is CCCCCCCCC(OO)C(O)CCCCCCCC(=O)OC. The van der Waals surface area contributed by atoms with Gasteiger partial charge in [0.05, 0.1) is 13.2 Å². The minimum absolute atomic E-state index is 0.150. The number of hydrogen-bond acceptors (Lipinski definition) is 5. The van der Waals surface area contributed by atoms with Crippen LogP contribution >= 0.6 is 0 Å². The lowest BCUT2D eigenvalue weighted by Crippen LogP contribution is -2.28. The Morgan fingerprint density at radius 1 is 0.875 bits per heavy atom. The largest absolute Gasteiger partial charge is 0.469 e. The van der Waals surface area contributed by atoms with E-state index in [1.807, 2.05) is 0 Å². The minimum Gasteiger partial charge on any atom is -0.469 e. The average molecular weight is 347 g/mol. The van der Waals surface area contributed by atoms with Crippen molar-refractivity contribution < 1.29 is 24.8 Å². The highest BCUT2D eigenvalue weighted by Crippen LogP contribution is 2.17. The summed E-state index contributed by atoms with van der Waals surface area (Å²) in [5, 5.41) is 19.1. The van der Waals surface area contributed by atoms with E-state index in [-0.39, 0.29) is 5.97 Å². The maximum atomic E-state index is 11.0. The van der Waals surface area contributed by atoms with Crippen molar-refractivity contribution in [2.75, 3.05) is 7.11 Å². The van der Waals surface area contributed by atoms with Crippen LogP contribution in [-0.4, -0.2) is 35.7 Å². The van der Waals surface area contributed by atoms with Crippen LogP contribution in [0.4, 0.5) is 0 Å². The molecule has 0 radical (unpaired) electrons. The zero-order chi connectivity index (χ0) is 18.0. The van der Waals surface area contributed by atoms with Crippen LogP contribution in [0, 0.1) is 0 Å². The lowest BCUT2D eigenvalue weighted by atomic mass is 9.99. The zero-order valence-corrected chi connectivity index (χ0v) is 15.7. The predicted molar refractivity (Wildman–Crippen MR) is 95.8 cm³/mol. The van der Waals surface area contributed by atoms with Crippen molar-refractivity contribution in [3.8, 4) is 0 Å². The first kappa shape index (κ1) is 23.4. The van der Waals surface area contributed by atoms with Crippen molar-refractivity contribution in [2.45, 2.75) is 109 Å². The number of esters is 1. The molecular formula is C19H38O5. The second kappa shape index (κ2) is 17.2. The van der Waals surface area contributed by atoms with Gasteiger partial charge in [-0.25, -0.2) is 4.89 Å². The van der Waals surface area contributed by atoms with Crippen LogP contribution in [0.25, 0.3) is 0 Å². The molecule has 0 aliphatic rings. The first-order valence-electron chi connectivity index (χ1n) is 9.70. The third-order valence-corrected chi connectivity index (χ3v) is 4.52. The van der Waals surface area contributed by atoms with E-state index < -0.39 is 12.2 Å². The molecule has 0 aromatic carbocycles. The van der Waals surface area contributed by atoms with Crippen molar-refractivity contribution in [3.05, 3.63) is 0 Å². The van der Waals surface area contributed by atoms with Gasteiger partial charge in [0, 0.05) is 6.42 Å². The quantitative estimate of drug-likeness (QED) is 0.170.